The molecule has 0 heterocycles. The Labute approximate surface area is 118 Å². The van der Waals surface area contributed by atoms with E-state index in [0.29, 0.717) is 6.42 Å². The number of rotatable bonds is 13. The topological polar surface area (TPSA) is 121 Å². The largest absolute Gasteiger partial charge is 0.472 e. The fourth-order valence-corrected chi connectivity index (χ4v) is 2.09. The number of ether oxygens (including phenoxy) is 1. The molecule has 20 heavy (non-hydrogen) atoms. The second-order valence-electron chi connectivity index (χ2n) is 3.59. The average molecular weight is 336 g/mol. The van der Waals surface area contributed by atoms with Gasteiger partial charge in [-0.15, -0.1) is 0 Å². The first-order chi connectivity index (χ1) is 9.33. The molecule has 0 bridgehead atoms. The Morgan fingerprint density at radius 1 is 0.850 bits per heavy atom. The average Bonchev–Trinajstić information content (AvgIpc) is 2.37. The van der Waals surface area contributed by atoms with E-state index in [9.17, 15) is 14.0 Å². The molecule has 0 amide bonds. The highest BCUT2D eigenvalue weighted by Crippen LogP contribution is 2.43. The van der Waals surface area contributed by atoms with E-state index in [1.165, 1.54) is 0 Å². The van der Waals surface area contributed by atoms with E-state index < -0.39 is 15.6 Å². The maximum atomic E-state index is 11.3. The van der Waals surface area contributed by atoms with Crippen molar-refractivity contribution in [1.29, 1.82) is 0 Å². The summed E-state index contributed by atoms with van der Waals surface area (Å²) >= 11 is 0. The molecule has 0 aromatic carbocycles. The molecule has 11 heteroatoms. The van der Waals surface area contributed by atoms with Gasteiger partial charge in [-0.3, -0.25) is 18.1 Å². The first-order valence-electron chi connectivity index (χ1n) is 6.05. The monoisotopic (exact) mass is 336 g/mol. The highest BCUT2D eigenvalue weighted by atomic mass is 31.2. The van der Waals surface area contributed by atoms with Crippen molar-refractivity contribution in [2.24, 2.45) is 0 Å². The zero-order valence-corrected chi connectivity index (χ0v) is 13.4. The molecule has 0 rings (SSSR count). The zero-order chi connectivity index (χ0) is 15.5. The third-order valence-electron chi connectivity index (χ3n) is 1.95. The summed E-state index contributed by atoms with van der Waals surface area (Å²) < 4.78 is 45.1. The Balaban J connectivity index is 3.52. The van der Waals surface area contributed by atoms with E-state index in [-0.39, 0.29) is 33.0 Å². The summed E-state index contributed by atoms with van der Waals surface area (Å²) in [7, 11) is -6.96. The molecule has 0 fully saturated rings. The third-order valence-corrected chi connectivity index (χ3v) is 3.94. The van der Waals surface area contributed by atoms with Gasteiger partial charge in [-0.25, -0.2) is 9.13 Å². The van der Waals surface area contributed by atoms with Gasteiger partial charge < -0.3 is 14.5 Å². The van der Waals surface area contributed by atoms with Gasteiger partial charge in [0.25, 0.3) is 0 Å². The fourth-order valence-electron chi connectivity index (χ4n) is 0.939. The van der Waals surface area contributed by atoms with Crippen LogP contribution in [-0.2, 0) is 32.0 Å². The predicted octanol–water partition coefficient (Wildman–Crippen LogP) is 1.70. The predicted molar refractivity (Wildman–Crippen MR) is 70.2 cm³/mol. The first kappa shape index (κ1) is 20.2. The molecule has 0 saturated carbocycles. The molecule has 0 saturated heterocycles. The molecule has 0 aromatic heterocycles. The van der Waals surface area contributed by atoms with E-state index in [1.807, 2.05) is 6.92 Å². The third kappa shape index (κ3) is 12.0. The lowest BCUT2D eigenvalue weighted by Gasteiger charge is -2.12. The van der Waals surface area contributed by atoms with Gasteiger partial charge in [0, 0.05) is 7.11 Å². The summed E-state index contributed by atoms with van der Waals surface area (Å²) in [6.45, 7) is 1.84. The summed E-state index contributed by atoms with van der Waals surface area (Å²) in [5, 5.41) is 0. The van der Waals surface area contributed by atoms with Crippen LogP contribution in [0, 0.1) is 0 Å². The van der Waals surface area contributed by atoms with Crippen LogP contribution in [0.1, 0.15) is 19.8 Å². The van der Waals surface area contributed by atoms with E-state index in [0.717, 1.165) is 13.5 Å². The molecule has 2 unspecified atom stereocenters. The van der Waals surface area contributed by atoms with Crippen molar-refractivity contribution in [3.63, 3.8) is 0 Å². The second-order valence-corrected chi connectivity index (χ2v) is 6.60. The van der Waals surface area contributed by atoms with Crippen LogP contribution >= 0.6 is 15.6 Å². The van der Waals surface area contributed by atoms with Gasteiger partial charge in [0.1, 0.15) is 0 Å². The Kier molecular flexibility index (Phi) is 10.9. The van der Waals surface area contributed by atoms with Crippen molar-refractivity contribution in [3.05, 3.63) is 0 Å². The molecule has 0 aliphatic rings. The first-order valence-corrected chi connectivity index (χ1v) is 9.05. The number of phosphoric acid groups is 2. The Morgan fingerprint density at radius 2 is 1.35 bits per heavy atom. The minimum atomic E-state index is -4.03. The molecule has 0 aliphatic carbocycles. The van der Waals surface area contributed by atoms with Crippen molar-refractivity contribution in [3.8, 4) is 0 Å². The lowest BCUT2D eigenvalue weighted by atomic mass is 10.4. The second kappa shape index (κ2) is 10.8. The quantitative estimate of drug-likeness (QED) is 0.382. The van der Waals surface area contributed by atoms with Gasteiger partial charge in [-0.1, -0.05) is 13.3 Å². The number of phosphoric ester groups is 2. The molecule has 0 aromatic rings. The van der Waals surface area contributed by atoms with Crippen LogP contribution < -0.4 is 0 Å². The summed E-state index contributed by atoms with van der Waals surface area (Å²) in [4.78, 5) is 18.1. The number of unbranched alkanes of at least 4 members (excludes halogenated alkanes) is 1. The molecule has 2 N–H and O–H groups in total. The van der Waals surface area contributed by atoms with Crippen molar-refractivity contribution < 1.29 is 41.7 Å². The maximum absolute atomic E-state index is 11.3. The van der Waals surface area contributed by atoms with Gasteiger partial charge in [-0.05, 0) is 6.42 Å². The summed E-state index contributed by atoms with van der Waals surface area (Å²) in [6, 6.07) is 0. The Bertz CT molecular complexity index is 335. The van der Waals surface area contributed by atoms with Gasteiger partial charge in [0.2, 0.25) is 0 Å². The van der Waals surface area contributed by atoms with Crippen LogP contribution in [0.15, 0.2) is 0 Å². The van der Waals surface area contributed by atoms with Crippen LogP contribution in [0.5, 0.6) is 0 Å². The smallest absolute Gasteiger partial charge is 0.377 e. The molecular formula is C9H22O9P2. The van der Waals surface area contributed by atoms with Crippen molar-refractivity contribution in [2.45, 2.75) is 19.8 Å². The maximum Gasteiger partial charge on any atom is 0.472 e. The molecule has 122 valence electrons. The van der Waals surface area contributed by atoms with Crippen molar-refractivity contribution >= 4 is 15.6 Å². The molecule has 0 spiro atoms. The molecule has 0 aliphatic heterocycles. The van der Waals surface area contributed by atoms with Gasteiger partial charge in [0.05, 0.1) is 33.0 Å². The van der Waals surface area contributed by atoms with E-state index in [4.69, 9.17) is 9.63 Å². The minimum absolute atomic E-state index is 0.0176. The molecule has 9 nitrogen and oxygen atoms in total. The van der Waals surface area contributed by atoms with Gasteiger partial charge in [-0.2, -0.15) is 0 Å². The SMILES string of the molecule is CCCCOP(=O)(O)OCCOCCOP(=O)(O)OC. The number of hydrogen-bond acceptors (Lipinski definition) is 7. The van der Waals surface area contributed by atoms with Crippen LogP contribution in [0.2, 0.25) is 0 Å². The van der Waals surface area contributed by atoms with Crippen LogP contribution in [0.4, 0.5) is 0 Å². The fraction of sp³-hybridized carbons (Fsp3) is 1.00. The highest BCUT2D eigenvalue weighted by Gasteiger charge is 2.20. The summed E-state index contributed by atoms with van der Waals surface area (Å²) in [5.41, 5.74) is 0. The van der Waals surface area contributed by atoms with Gasteiger partial charge in [0.15, 0.2) is 0 Å². The molecule has 2 atom stereocenters. The van der Waals surface area contributed by atoms with Gasteiger partial charge >= 0.3 is 15.6 Å². The van der Waals surface area contributed by atoms with Crippen LogP contribution in [0.25, 0.3) is 0 Å². The highest BCUT2D eigenvalue weighted by molar-refractivity contribution is 7.47. The minimum Gasteiger partial charge on any atom is -0.377 e. The normalized spacial score (nSPS) is 17.6. The van der Waals surface area contributed by atoms with Crippen molar-refractivity contribution in [1.82, 2.24) is 0 Å². The standard InChI is InChI=1S/C9H22O9P2/c1-3-4-5-16-20(12,13)18-9-7-15-6-8-17-19(10,11)14-2/h3-9H2,1-2H3,(H,10,11)(H,12,13). The summed E-state index contributed by atoms with van der Waals surface area (Å²) in [6.07, 6.45) is 1.52. The van der Waals surface area contributed by atoms with E-state index in [1.54, 1.807) is 0 Å². The van der Waals surface area contributed by atoms with E-state index in [2.05, 4.69) is 18.1 Å². The summed E-state index contributed by atoms with van der Waals surface area (Å²) in [5.74, 6) is 0. The van der Waals surface area contributed by atoms with Crippen LogP contribution in [0.3, 0.4) is 0 Å². The number of hydrogen-bond donors (Lipinski definition) is 2. The Hall–Kier alpha value is 0.180. The van der Waals surface area contributed by atoms with E-state index >= 15 is 0 Å². The Morgan fingerprint density at radius 3 is 1.85 bits per heavy atom. The van der Waals surface area contributed by atoms with Crippen molar-refractivity contribution in [2.75, 3.05) is 40.1 Å². The lowest BCUT2D eigenvalue weighted by Crippen LogP contribution is -2.09. The van der Waals surface area contributed by atoms with Crippen LogP contribution in [-0.4, -0.2) is 49.9 Å². The lowest BCUT2D eigenvalue weighted by molar-refractivity contribution is 0.0528. The molecule has 0 radical (unpaired) electrons. The molecular weight excluding hydrogens is 314 g/mol. The zero-order valence-electron chi connectivity index (χ0n) is 11.6.